The van der Waals surface area contributed by atoms with Gasteiger partial charge < -0.3 is 4.42 Å². The smallest absolute Gasteiger partial charge is 0.215 e. The topological polar surface area (TPSA) is 48.0 Å². The molecule has 0 saturated carbocycles. The summed E-state index contributed by atoms with van der Waals surface area (Å²) in [6, 6.07) is 12.8. The van der Waals surface area contributed by atoms with E-state index in [-0.39, 0.29) is 5.78 Å². The minimum absolute atomic E-state index is 0.137. The Morgan fingerprint density at radius 2 is 1.95 bits per heavy atom. The number of carbonyl (C=O) groups is 1. The zero-order valence-corrected chi connectivity index (χ0v) is 11.4. The lowest BCUT2D eigenvalue weighted by Crippen LogP contribution is -2.09. The predicted molar refractivity (Wildman–Crippen MR) is 73.4 cm³/mol. The van der Waals surface area contributed by atoms with Gasteiger partial charge in [-0.2, -0.15) is 5.10 Å². The quantitative estimate of drug-likeness (QED) is 0.695. The maximum atomic E-state index is 12.4. The molecule has 0 fully saturated rings. The molecular formula is C14H9BrN2O2. The van der Waals surface area contributed by atoms with E-state index >= 15 is 0 Å². The van der Waals surface area contributed by atoms with Crippen LogP contribution in [0.2, 0.25) is 0 Å². The Morgan fingerprint density at radius 1 is 1.16 bits per heavy atom. The largest absolute Gasteiger partial charge is 0.457 e. The van der Waals surface area contributed by atoms with Gasteiger partial charge in [-0.05, 0) is 40.2 Å². The highest BCUT2D eigenvalue weighted by Crippen LogP contribution is 2.22. The molecule has 2 aromatic heterocycles. The molecule has 19 heavy (non-hydrogen) atoms. The Hall–Kier alpha value is -2.14. The minimum atomic E-state index is -0.137. The molecule has 3 aromatic rings. The summed E-state index contributed by atoms with van der Waals surface area (Å²) in [6.07, 6.45) is 3.08. The number of hydrogen-bond donors (Lipinski definition) is 0. The van der Waals surface area contributed by atoms with Crippen LogP contribution in [0, 0.1) is 0 Å². The lowest BCUT2D eigenvalue weighted by atomic mass is 10.1. The van der Waals surface area contributed by atoms with Crippen LogP contribution in [0.3, 0.4) is 0 Å². The van der Waals surface area contributed by atoms with E-state index in [1.54, 1.807) is 23.0 Å². The van der Waals surface area contributed by atoms with Gasteiger partial charge in [-0.3, -0.25) is 4.79 Å². The first kappa shape index (κ1) is 11.9. The maximum Gasteiger partial charge on any atom is 0.215 e. The molecule has 3 rings (SSSR count). The molecule has 0 unspecified atom stereocenters. The van der Waals surface area contributed by atoms with Crippen molar-refractivity contribution in [2.45, 2.75) is 0 Å². The Morgan fingerprint density at radius 3 is 2.63 bits per heavy atom. The molecule has 0 aliphatic rings. The number of benzene rings is 1. The Kier molecular flexibility index (Phi) is 3.05. The van der Waals surface area contributed by atoms with Gasteiger partial charge in [0.15, 0.2) is 4.67 Å². The number of ketones is 1. The van der Waals surface area contributed by atoms with Gasteiger partial charge in [-0.15, -0.1) is 0 Å². The van der Waals surface area contributed by atoms with Crippen molar-refractivity contribution in [3.8, 4) is 5.69 Å². The summed E-state index contributed by atoms with van der Waals surface area (Å²) in [4.78, 5) is 12.4. The third-order valence-electron chi connectivity index (χ3n) is 2.74. The van der Waals surface area contributed by atoms with Gasteiger partial charge in [-0.25, -0.2) is 4.68 Å². The second-order valence-corrected chi connectivity index (χ2v) is 4.62. The third kappa shape index (κ3) is 2.13. The van der Waals surface area contributed by atoms with Crippen LogP contribution in [0.1, 0.15) is 16.1 Å². The van der Waals surface area contributed by atoms with Crippen molar-refractivity contribution < 1.29 is 9.21 Å². The van der Waals surface area contributed by atoms with Gasteiger partial charge in [0.2, 0.25) is 5.78 Å². The number of rotatable bonds is 3. The van der Waals surface area contributed by atoms with Crippen LogP contribution < -0.4 is 0 Å². The van der Waals surface area contributed by atoms with Crippen molar-refractivity contribution in [2.75, 3.05) is 0 Å². The second-order valence-electron chi connectivity index (χ2n) is 3.90. The number of aromatic nitrogens is 2. The van der Waals surface area contributed by atoms with Gasteiger partial charge in [0.25, 0.3) is 0 Å². The fourth-order valence-electron chi connectivity index (χ4n) is 1.84. The third-order valence-corrected chi connectivity index (χ3v) is 3.35. The average molecular weight is 317 g/mol. The molecule has 0 bridgehead atoms. The van der Waals surface area contributed by atoms with Crippen LogP contribution >= 0.6 is 15.9 Å². The summed E-state index contributed by atoms with van der Waals surface area (Å²) >= 11 is 3.22. The molecule has 0 atom stereocenters. The van der Waals surface area contributed by atoms with Gasteiger partial charge in [0, 0.05) is 0 Å². The highest BCUT2D eigenvalue weighted by molar-refractivity contribution is 9.10. The van der Waals surface area contributed by atoms with E-state index in [0.717, 1.165) is 5.69 Å². The fraction of sp³-hybridized carbons (Fsp3) is 0. The van der Waals surface area contributed by atoms with Crippen molar-refractivity contribution >= 4 is 21.7 Å². The molecule has 1 aromatic carbocycles. The lowest BCUT2D eigenvalue weighted by Gasteiger charge is -2.05. The normalized spacial score (nSPS) is 10.6. The van der Waals surface area contributed by atoms with Crippen LogP contribution in [0.5, 0.6) is 0 Å². The number of furan rings is 1. The summed E-state index contributed by atoms with van der Waals surface area (Å²) in [5.74, 6) is -0.137. The first-order valence-corrected chi connectivity index (χ1v) is 6.44. The van der Waals surface area contributed by atoms with Gasteiger partial charge in [0.1, 0.15) is 5.69 Å². The minimum Gasteiger partial charge on any atom is -0.457 e. The number of para-hydroxylation sites is 1. The van der Waals surface area contributed by atoms with Crippen molar-refractivity contribution in [3.63, 3.8) is 0 Å². The molecule has 0 N–H and O–H groups in total. The zero-order chi connectivity index (χ0) is 13.2. The zero-order valence-electron chi connectivity index (χ0n) is 9.79. The lowest BCUT2D eigenvalue weighted by molar-refractivity contribution is 0.103. The van der Waals surface area contributed by atoms with Crippen molar-refractivity contribution in [2.24, 2.45) is 0 Å². The van der Waals surface area contributed by atoms with Gasteiger partial charge >= 0.3 is 0 Å². The molecule has 0 saturated heterocycles. The SMILES string of the molecule is O=C(c1ccoc1Br)c1ccnn1-c1ccccc1. The second kappa shape index (κ2) is 4.85. The Labute approximate surface area is 117 Å². The highest BCUT2D eigenvalue weighted by Gasteiger charge is 2.19. The first-order chi connectivity index (χ1) is 9.27. The van der Waals surface area contributed by atoms with Crippen molar-refractivity contribution in [3.05, 3.63) is 70.9 Å². The average Bonchev–Trinajstić information content (AvgIpc) is 3.07. The summed E-state index contributed by atoms with van der Waals surface area (Å²) < 4.78 is 7.14. The number of nitrogens with zero attached hydrogens (tertiary/aromatic N) is 2. The molecule has 5 heteroatoms. The molecule has 0 aliphatic carbocycles. The van der Waals surface area contributed by atoms with E-state index < -0.39 is 0 Å². The Balaban J connectivity index is 2.06. The standard InChI is InChI=1S/C14H9BrN2O2/c15-14-11(7-9-19-14)13(18)12-6-8-16-17(12)10-4-2-1-3-5-10/h1-9H. The van der Waals surface area contributed by atoms with Crippen LogP contribution in [-0.2, 0) is 0 Å². The molecule has 4 nitrogen and oxygen atoms in total. The molecule has 2 heterocycles. The monoisotopic (exact) mass is 316 g/mol. The number of halogens is 1. The molecule has 0 aliphatic heterocycles. The first-order valence-electron chi connectivity index (χ1n) is 5.64. The van der Waals surface area contributed by atoms with Crippen molar-refractivity contribution in [1.82, 2.24) is 9.78 Å². The van der Waals surface area contributed by atoms with E-state index in [1.165, 1.54) is 6.26 Å². The van der Waals surface area contributed by atoms with E-state index in [2.05, 4.69) is 21.0 Å². The van der Waals surface area contributed by atoms with Crippen molar-refractivity contribution in [1.29, 1.82) is 0 Å². The fourth-order valence-corrected chi connectivity index (χ4v) is 2.26. The van der Waals surface area contributed by atoms with Crippen LogP contribution in [-0.4, -0.2) is 15.6 Å². The molecule has 0 spiro atoms. The van der Waals surface area contributed by atoms with E-state index in [1.807, 2.05) is 30.3 Å². The van der Waals surface area contributed by atoms with Crippen LogP contribution in [0.15, 0.2) is 64.0 Å². The molecule has 0 radical (unpaired) electrons. The number of hydrogen-bond acceptors (Lipinski definition) is 3. The molecule has 94 valence electrons. The summed E-state index contributed by atoms with van der Waals surface area (Å²) in [5.41, 5.74) is 1.82. The Bertz CT molecular complexity index is 716. The van der Waals surface area contributed by atoms with E-state index in [4.69, 9.17) is 4.42 Å². The molecular weight excluding hydrogens is 308 g/mol. The summed E-state index contributed by atoms with van der Waals surface area (Å²) in [6.45, 7) is 0. The maximum absolute atomic E-state index is 12.4. The number of carbonyl (C=O) groups excluding carboxylic acids is 1. The summed E-state index contributed by atoms with van der Waals surface area (Å²) in [7, 11) is 0. The van der Waals surface area contributed by atoms with Gasteiger partial charge in [0.05, 0.1) is 23.7 Å². The highest BCUT2D eigenvalue weighted by atomic mass is 79.9. The van der Waals surface area contributed by atoms with Crippen LogP contribution in [0.25, 0.3) is 5.69 Å². The molecule has 0 amide bonds. The predicted octanol–water partition coefficient (Wildman–Crippen LogP) is 3.46. The van der Waals surface area contributed by atoms with E-state index in [9.17, 15) is 4.79 Å². The van der Waals surface area contributed by atoms with E-state index in [0.29, 0.717) is 15.9 Å². The summed E-state index contributed by atoms with van der Waals surface area (Å²) in [5, 5.41) is 4.20. The van der Waals surface area contributed by atoms with Crippen LogP contribution in [0.4, 0.5) is 0 Å². The van der Waals surface area contributed by atoms with Gasteiger partial charge in [-0.1, -0.05) is 18.2 Å².